The SMILES string of the molecule is O=C(O[C@H](CN1CCNCC1)Cn1cc2c(n1)CCc1c-2sc2ncnc(Nc3ccc(OCc4cccc(F)c4)c(Cl)c3)c12)C(F)(F)F. The van der Waals surface area contributed by atoms with E-state index in [0.29, 0.717) is 66.9 Å². The van der Waals surface area contributed by atoms with Gasteiger partial charge < -0.3 is 20.1 Å². The zero-order chi connectivity index (χ0) is 34.1. The van der Waals surface area contributed by atoms with Gasteiger partial charge in [-0.3, -0.25) is 9.58 Å². The third kappa shape index (κ3) is 7.49. The quantitative estimate of drug-likeness (QED) is 0.130. The maximum absolute atomic E-state index is 13.5. The average molecular weight is 716 g/mol. The zero-order valence-electron chi connectivity index (χ0n) is 25.9. The number of fused-ring (bicyclic) bond motifs is 5. The van der Waals surface area contributed by atoms with Crippen molar-refractivity contribution in [1.82, 2.24) is 30.0 Å². The molecule has 1 saturated heterocycles. The molecule has 7 rings (SSSR count). The van der Waals surface area contributed by atoms with Crippen LogP contribution in [0.25, 0.3) is 20.7 Å². The highest BCUT2D eigenvalue weighted by molar-refractivity contribution is 7.22. The Hall–Kier alpha value is -4.31. The molecule has 4 heterocycles. The van der Waals surface area contributed by atoms with E-state index in [0.717, 1.165) is 31.9 Å². The predicted molar refractivity (Wildman–Crippen MR) is 177 cm³/mol. The number of carbonyl (C=O) groups is 1. The summed E-state index contributed by atoms with van der Waals surface area (Å²) in [7, 11) is 0. The van der Waals surface area contributed by atoms with Crippen molar-refractivity contribution in [2.24, 2.45) is 0 Å². The van der Waals surface area contributed by atoms with E-state index in [2.05, 4.69) is 20.6 Å². The van der Waals surface area contributed by atoms with Crippen molar-refractivity contribution < 1.29 is 31.8 Å². The molecule has 0 bridgehead atoms. The number of esters is 1. The fraction of sp³-hybridized carbons (Fsp3) is 0.333. The number of anilines is 2. The number of hydrogen-bond acceptors (Lipinski definition) is 10. The van der Waals surface area contributed by atoms with E-state index in [1.165, 1.54) is 29.8 Å². The van der Waals surface area contributed by atoms with Gasteiger partial charge in [-0.1, -0.05) is 23.7 Å². The van der Waals surface area contributed by atoms with Gasteiger partial charge >= 0.3 is 12.1 Å². The highest BCUT2D eigenvalue weighted by atomic mass is 35.5. The molecule has 0 unspecified atom stereocenters. The number of benzene rings is 2. The number of alkyl halides is 3. The number of nitrogens with zero attached hydrogens (tertiary/aromatic N) is 5. The summed E-state index contributed by atoms with van der Waals surface area (Å²) < 4.78 is 65.3. The molecule has 49 heavy (non-hydrogen) atoms. The molecule has 5 aromatic rings. The minimum atomic E-state index is -5.09. The Morgan fingerprint density at radius 1 is 1.10 bits per heavy atom. The minimum Gasteiger partial charge on any atom is -0.487 e. The number of nitrogens with one attached hydrogen (secondary N) is 2. The Morgan fingerprint density at radius 2 is 1.94 bits per heavy atom. The Bertz CT molecular complexity index is 2000. The van der Waals surface area contributed by atoms with Gasteiger partial charge in [0.2, 0.25) is 0 Å². The maximum atomic E-state index is 13.5. The van der Waals surface area contributed by atoms with Crippen molar-refractivity contribution in [3.63, 3.8) is 0 Å². The number of aromatic nitrogens is 4. The van der Waals surface area contributed by atoms with Crippen LogP contribution in [0.5, 0.6) is 5.75 Å². The van der Waals surface area contributed by atoms with Crippen molar-refractivity contribution in [3.05, 3.63) is 82.6 Å². The Kier molecular flexibility index (Phi) is 9.42. The number of rotatable bonds is 10. The standard InChI is InChI=1S/C33H30ClF4N7O3S/c34-25-13-21(4-7-27(25)47-17-19-2-1-3-20(35)12-19)42-30-28-23-5-6-26-24(29(23)49-31(28)41-18-40-30)16-45(43-26)15-22(48-32(46)33(36,37)38)14-44-10-8-39-9-11-44/h1-4,7,12-13,16,18,22,39H,5-6,8-11,14-15,17H2,(H,40,41,42)/t22-/m1/s1. The molecule has 3 aromatic heterocycles. The lowest BCUT2D eigenvalue weighted by Gasteiger charge is -2.30. The number of thiophene rings is 1. The molecule has 256 valence electrons. The van der Waals surface area contributed by atoms with Gasteiger partial charge in [-0.25, -0.2) is 19.2 Å². The Morgan fingerprint density at radius 3 is 2.71 bits per heavy atom. The fourth-order valence-corrected chi connectivity index (χ4v) is 7.53. The highest BCUT2D eigenvalue weighted by Gasteiger charge is 2.42. The first kappa shape index (κ1) is 33.2. The molecule has 2 aromatic carbocycles. The van der Waals surface area contributed by atoms with Crippen LogP contribution in [0.1, 0.15) is 16.8 Å². The summed E-state index contributed by atoms with van der Waals surface area (Å²) in [5, 5.41) is 12.5. The van der Waals surface area contributed by atoms with E-state index in [4.69, 9.17) is 26.2 Å². The molecular weight excluding hydrogens is 686 g/mol. The first-order valence-corrected chi connectivity index (χ1v) is 16.8. The fourth-order valence-electron chi connectivity index (χ4n) is 6.08. The second-order valence-electron chi connectivity index (χ2n) is 11.8. The first-order chi connectivity index (χ1) is 23.6. The van der Waals surface area contributed by atoms with Gasteiger partial charge in [-0.15, -0.1) is 11.3 Å². The van der Waals surface area contributed by atoms with Gasteiger partial charge in [-0.05, 0) is 54.3 Å². The molecule has 2 aliphatic rings. The van der Waals surface area contributed by atoms with Crippen LogP contribution in [-0.4, -0.2) is 75.6 Å². The van der Waals surface area contributed by atoms with E-state index in [-0.39, 0.29) is 25.5 Å². The second kappa shape index (κ2) is 13.9. The summed E-state index contributed by atoms with van der Waals surface area (Å²) in [6.45, 7) is 2.99. The van der Waals surface area contributed by atoms with Crippen molar-refractivity contribution in [1.29, 1.82) is 0 Å². The lowest BCUT2D eigenvalue weighted by molar-refractivity contribution is -0.206. The van der Waals surface area contributed by atoms with E-state index in [1.54, 1.807) is 35.1 Å². The summed E-state index contributed by atoms with van der Waals surface area (Å²) in [5.41, 5.74) is 4.07. The first-order valence-electron chi connectivity index (χ1n) is 15.6. The smallest absolute Gasteiger partial charge is 0.487 e. The molecule has 0 radical (unpaired) electrons. The van der Waals surface area contributed by atoms with Crippen LogP contribution in [0.3, 0.4) is 0 Å². The molecule has 0 saturated carbocycles. The molecule has 0 spiro atoms. The third-order valence-corrected chi connectivity index (χ3v) is 9.80. The van der Waals surface area contributed by atoms with Crippen molar-refractivity contribution in [2.45, 2.75) is 38.3 Å². The van der Waals surface area contributed by atoms with Crippen LogP contribution in [0.4, 0.5) is 29.1 Å². The summed E-state index contributed by atoms with van der Waals surface area (Å²) in [4.78, 5) is 24.6. The Labute approximate surface area is 287 Å². The van der Waals surface area contributed by atoms with Gasteiger partial charge in [0.1, 0.15) is 41.3 Å². The van der Waals surface area contributed by atoms with Gasteiger partial charge in [-0.2, -0.15) is 18.3 Å². The average Bonchev–Trinajstić information content (AvgIpc) is 3.66. The number of ether oxygens (including phenoxy) is 2. The van der Waals surface area contributed by atoms with Crippen molar-refractivity contribution in [3.8, 4) is 16.2 Å². The maximum Gasteiger partial charge on any atom is 0.490 e. The molecule has 1 atom stereocenters. The number of piperazine rings is 1. The number of halogens is 5. The van der Waals surface area contributed by atoms with Crippen LogP contribution < -0.4 is 15.4 Å². The summed E-state index contributed by atoms with van der Waals surface area (Å²) in [6.07, 6.45) is -1.59. The largest absolute Gasteiger partial charge is 0.490 e. The third-order valence-electron chi connectivity index (χ3n) is 8.33. The van der Waals surface area contributed by atoms with Gasteiger partial charge in [0, 0.05) is 55.0 Å². The van der Waals surface area contributed by atoms with Crippen molar-refractivity contribution in [2.75, 3.05) is 38.0 Å². The van der Waals surface area contributed by atoms with Crippen LogP contribution in [-0.2, 0) is 35.5 Å². The van der Waals surface area contributed by atoms with Gasteiger partial charge in [0.25, 0.3) is 0 Å². The van der Waals surface area contributed by atoms with E-state index in [1.807, 2.05) is 11.0 Å². The molecule has 10 nitrogen and oxygen atoms in total. The summed E-state index contributed by atoms with van der Waals surface area (Å²) >= 11 is 8.02. The second-order valence-corrected chi connectivity index (χ2v) is 13.2. The molecular formula is C33H30ClF4N7O3S. The molecule has 1 fully saturated rings. The molecule has 0 amide bonds. The number of hydrogen-bond donors (Lipinski definition) is 2. The Balaban J connectivity index is 1.10. The number of carbonyl (C=O) groups excluding carboxylic acids is 1. The molecule has 16 heteroatoms. The topological polar surface area (TPSA) is 106 Å². The molecule has 2 N–H and O–H groups in total. The van der Waals surface area contributed by atoms with Crippen LogP contribution in [0, 0.1) is 5.82 Å². The lowest BCUT2D eigenvalue weighted by Crippen LogP contribution is -2.48. The minimum absolute atomic E-state index is 0.0196. The van der Waals surface area contributed by atoms with Crippen LogP contribution in [0.2, 0.25) is 5.02 Å². The molecule has 1 aliphatic heterocycles. The normalized spacial score (nSPS) is 15.4. The summed E-state index contributed by atoms with van der Waals surface area (Å²) in [5.74, 6) is -1.50. The van der Waals surface area contributed by atoms with E-state index in [9.17, 15) is 22.4 Å². The summed E-state index contributed by atoms with van der Waals surface area (Å²) in [6, 6.07) is 11.4. The molecule has 1 aliphatic carbocycles. The predicted octanol–water partition coefficient (Wildman–Crippen LogP) is 6.15. The van der Waals surface area contributed by atoms with Gasteiger partial charge in [0.05, 0.1) is 22.6 Å². The highest BCUT2D eigenvalue weighted by Crippen LogP contribution is 2.45. The van der Waals surface area contributed by atoms with E-state index >= 15 is 0 Å². The van der Waals surface area contributed by atoms with Crippen LogP contribution in [0.15, 0.2) is 55.0 Å². The monoisotopic (exact) mass is 715 g/mol. The van der Waals surface area contributed by atoms with Gasteiger partial charge in [0.15, 0.2) is 0 Å². The lowest BCUT2D eigenvalue weighted by atomic mass is 9.95. The van der Waals surface area contributed by atoms with Crippen LogP contribution >= 0.6 is 22.9 Å². The zero-order valence-corrected chi connectivity index (χ0v) is 27.5. The number of aryl methyl sites for hydroxylation is 2. The van der Waals surface area contributed by atoms with E-state index < -0.39 is 18.2 Å². The van der Waals surface area contributed by atoms with Crippen molar-refractivity contribution >= 4 is 50.6 Å².